The van der Waals surface area contributed by atoms with Crippen LogP contribution in [0.3, 0.4) is 0 Å². The summed E-state index contributed by atoms with van der Waals surface area (Å²) in [5.41, 5.74) is 4.11. The van der Waals surface area contributed by atoms with Crippen molar-refractivity contribution in [2.24, 2.45) is 5.84 Å². The Balaban J connectivity index is 2.46. The number of hydrazine groups is 1. The first-order valence-electron chi connectivity index (χ1n) is 7.53. The lowest BCUT2D eigenvalue weighted by Crippen LogP contribution is -2.40. The first kappa shape index (κ1) is 15.7. The van der Waals surface area contributed by atoms with Gasteiger partial charge in [-0.2, -0.15) is 0 Å². The van der Waals surface area contributed by atoms with Gasteiger partial charge in [0, 0.05) is 31.7 Å². The third-order valence-corrected chi connectivity index (χ3v) is 4.02. The number of unbranched alkanes of at least 4 members (excludes halogenated alkanes) is 2. The minimum Gasteiger partial charge on any atom is -0.312 e. The van der Waals surface area contributed by atoms with Crippen LogP contribution in [-0.2, 0) is 19.5 Å². The summed E-state index contributed by atoms with van der Waals surface area (Å²) in [6.07, 6.45) is 3.97. The number of pyridine rings is 1. The van der Waals surface area contributed by atoms with Crippen LogP contribution in [0.1, 0.15) is 47.8 Å². The normalized spacial score (nSPS) is 14.8. The van der Waals surface area contributed by atoms with Crippen molar-refractivity contribution >= 4 is 5.91 Å². The molecular weight excluding hydrogens is 268 g/mol. The van der Waals surface area contributed by atoms with Crippen molar-refractivity contribution in [3.05, 3.63) is 33.2 Å². The van der Waals surface area contributed by atoms with E-state index in [1.807, 2.05) is 7.05 Å². The molecule has 3 N–H and O–H groups in total. The number of fused-ring (bicyclic) bond motifs is 1. The number of hydrogen-bond donors (Lipinski definition) is 2. The third kappa shape index (κ3) is 3.33. The van der Waals surface area contributed by atoms with E-state index < -0.39 is 5.91 Å². The SMILES string of the molecule is CCCCCn1c2c(cc(C(=O)NN)c1=O)CN(C)CC2. The minimum atomic E-state index is -0.514. The van der Waals surface area contributed by atoms with E-state index in [1.54, 1.807) is 10.6 Å². The number of aromatic nitrogens is 1. The molecule has 1 aromatic rings. The van der Waals surface area contributed by atoms with Gasteiger partial charge in [0.2, 0.25) is 0 Å². The maximum Gasteiger partial charge on any atom is 0.270 e. The van der Waals surface area contributed by atoms with E-state index in [2.05, 4.69) is 17.2 Å². The van der Waals surface area contributed by atoms with E-state index >= 15 is 0 Å². The maximum atomic E-state index is 12.5. The molecule has 116 valence electrons. The highest BCUT2D eigenvalue weighted by Gasteiger charge is 2.22. The Morgan fingerprint density at radius 3 is 2.86 bits per heavy atom. The lowest BCUT2D eigenvalue weighted by molar-refractivity contribution is 0.0951. The Morgan fingerprint density at radius 1 is 1.43 bits per heavy atom. The number of carbonyl (C=O) groups is 1. The molecule has 1 aliphatic rings. The van der Waals surface area contributed by atoms with Crippen LogP contribution in [0.25, 0.3) is 0 Å². The first-order chi connectivity index (χ1) is 10.1. The van der Waals surface area contributed by atoms with E-state index in [1.165, 1.54) is 0 Å². The summed E-state index contributed by atoms with van der Waals surface area (Å²) in [4.78, 5) is 26.6. The van der Waals surface area contributed by atoms with Crippen molar-refractivity contribution in [1.82, 2.24) is 14.9 Å². The molecule has 1 amide bonds. The van der Waals surface area contributed by atoms with Gasteiger partial charge in [0.25, 0.3) is 11.5 Å². The van der Waals surface area contributed by atoms with Crippen molar-refractivity contribution in [3.63, 3.8) is 0 Å². The highest BCUT2D eigenvalue weighted by atomic mass is 16.2. The van der Waals surface area contributed by atoms with E-state index in [-0.39, 0.29) is 11.1 Å². The molecule has 1 aliphatic heterocycles. The van der Waals surface area contributed by atoms with Crippen molar-refractivity contribution in [2.45, 2.75) is 45.7 Å². The van der Waals surface area contributed by atoms with Crippen molar-refractivity contribution in [2.75, 3.05) is 13.6 Å². The number of likely N-dealkylation sites (N-methyl/N-ethyl adjacent to an activating group) is 1. The number of nitrogens with one attached hydrogen (secondary N) is 1. The summed E-state index contributed by atoms with van der Waals surface area (Å²) in [5, 5.41) is 0. The molecule has 6 nitrogen and oxygen atoms in total. The van der Waals surface area contributed by atoms with Gasteiger partial charge >= 0.3 is 0 Å². The molecule has 0 spiro atoms. The second-order valence-electron chi connectivity index (χ2n) is 5.66. The van der Waals surface area contributed by atoms with Crippen LogP contribution < -0.4 is 16.8 Å². The van der Waals surface area contributed by atoms with Crippen LogP contribution in [-0.4, -0.2) is 29.0 Å². The first-order valence-corrected chi connectivity index (χ1v) is 7.53. The lowest BCUT2D eigenvalue weighted by atomic mass is 10.0. The molecule has 0 saturated heterocycles. The average molecular weight is 292 g/mol. The van der Waals surface area contributed by atoms with Gasteiger partial charge in [-0.3, -0.25) is 15.0 Å². The summed E-state index contributed by atoms with van der Waals surface area (Å²) < 4.78 is 1.78. The number of nitrogens with two attached hydrogens (primary N) is 1. The molecule has 21 heavy (non-hydrogen) atoms. The Kier molecular flexibility index (Phi) is 5.14. The van der Waals surface area contributed by atoms with Crippen molar-refractivity contribution in [1.29, 1.82) is 0 Å². The van der Waals surface area contributed by atoms with Gasteiger partial charge in [-0.05, 0) is 25.1 Å². The third-order valence-electron chi connectivity index (χ3n) is 4.02. The predicted octanol–water partition coefficient (Wildman–Crippen LogP) is 0.630. The van der Waals surface area contributed by atoms with Gasteiger partial charge in [-0.15, -0.1) is 0 Å². The highest BCUT2D eigenvalue weighted by Crippen LogP contribution is 2.18. The van der Waals surface area contributed by atoms with Gasteiger partial charge in [-0.1, -0.05) is 19.8 Å². The second kappa shape index (κ2) is 6.87. The topological polar surface area (TPSA) is 80.4 Å². The Hall–Kier alpha value is -1.66. The summed E-state index contributed by atoms with van der Waals surface area (Å²) >= 11 is 0. The summed E-state index contributed by atoms with van der Waals surface area (Å²) in [5.74, 6) is 4.68. The van der Waals surface area contributed by atoms with Gasteiger partial charge in [0.1, 0.15) is 5.56 Å². The van der Waals surface area contributed by atoms with Crippen LogP contribution in [0.2, 0.25) is 0 Å². The molecular formula is C15H24N4O2. The van der Waals surface area contributed by atoms with E-state index in [0.29, 0.717) is 6.54 Å². The lowest BCUT2D eigenvalue weighted by Gasteiger charge is -2.28. The monoisotopic (exact) mass is 292 g/mol. The van der Waals surface area contributed by atoms with Crippen molar-refractivity contribution < 1.29 is 4.79 Å². The fourth-order valence-corrected chi connectivity index (χ4v) is 2.86. The minimum absolute atomic E-state index is 0.142. The van der Waals surface area contributed by atoms with E-state index in [9.17, 15) is 9.59 Å². The maximum absolute atomic E-state index is 12.5. The molecule has 0 aliphatic carbocycles. The molecule has 0 unspecified atom stereocenters. The van der Waals surface area contributed by atoms with Gasteiger partial charge in [0.05, 0.1) is 0 Å². The van der Waals surface area contributed by atoms with E-state index in [0.717, 1.165) is 50.0 Å². The highest BCUT2D eigenvalue weighted by molar-refractivity contribution is 5.93. The van der Waals surface area contributed by atoms with Gasteiger partial charge in [-0.25, -0.2) is 5.84 Å². The second-order valence-corrected chi connectivity index (χ2v) is 5.66. The molecule has 1 aromatic heterocycles. The fraction of sp³-hybridized carbons (Fsp3) is 0.600. The molecule has 0 bridgehead atoms. The quantitative estimate of drug-likeness (QED) is 0.361. The Bertz CT molecular complexity index is 580. The molecule has 0 radical (unpaired) electrons. The number of hydrogen-bond acceptors (Lipinski definition) is 4. The summed E-state index contributed by atoms with van der Waals surface area (Å²) in [6, 6.07) is 1.70. The zero-order chi connectivity index (χ0) is 15.4. The summed E-state index contributed by atoms with van der Waals surface area (Å²) in [6.45, 7) is 4.49. The standard InChI is InChI=1S/C15H24N4O2/c1-3-4-5-7-19-13-6-8-18(2)10-11(13)9-12(15(19)21)14(20)17-16/h9H,3-8,10,16H2,1-2H3,(H,17,20). The summed E-state index contributed by atoms with van der Waals surface area (Å²) in [7, 11) is 2.04. The van der Waals surface area contributed by atoms with Crippen LogP contribution in [0.15, 0.2) is 10.9 Å². The molecule has 2 rings (SSSR count). The molecule has 2 heterocycles. The largest absolute Gasteiger partial charge is 0.312 e. The number of nitrogen functional groups attached to an aromatic ring is 1. The molecule has 6 heteroatoms. The zero-order valence-electron chi connectivity index (χ0n) is 12.8. The van der Waals surface area contributed by atoms with Crippen LogP contribution in [0, 0.1) is 0 Å². The molecule has 0 fully saturated rings. The van der Waals surface area contributed by atoms with Crippen LogP contribution in [0.5, 0.6) is 0 Å². The Morgan fingerprint density at radius 2 is 2.19 bits per heavy atom. The number of rotatable bonds is 5. The smallest absolute Gasteiger partial charge is 0.270 e. The van der Waals surface area contributed by atoms with Crippen LogP contribution in [0.4, 0.5) is 0 Å². The number of nitrogens with zero attached hydrogens (tertiary/aromatic N) is 2. The van der Waals surface area contributed by atoms with Crippen molar-refractivity contribution in [3.8, 4) is 0 Å². The van der Waals surface area contributed by atoms with Crippen LogP contribution >= 0.6 is 0 Å². The van der Waals surface area contributed by atoms with Gasteiger partial charge in [0.15, 0.2) is 0 Å². The predicted molar refractivity (Wildman–Crippen MR) is 81.9 cm³/mol. The molecule has 0 atom stereocenters. The number of carbonyl (C=O) groups excluding carboxylic acids is 1. The zero-order valence-corrected chi connectivity index (χ0v) is 12.8. The number of amides is 1. The molecule has 0 saturated carbocycles. The van der Waals surface area contributed by atoms with E-state index in [4.69, 9.17) is 5.84 Å². The molecule has 0 aromatic carbocycles. The van der Waals surface area contributed by atoms with Gasteiger partial charge < -0.3 is 9.47 Å². The Labute approximate surface area is 124 Å². The average Bonchev–Trinajstić information content (AvgIpc) is 2.48. The fourth-order valence-electron chi connectivity index (χ4n) is 2.86.